The van der Waals surface area contributed by atoms with Crippen LogP contribution in [0.4, 0.5) is 0 Å². The van der Waals surface area contributed by atoms with Gasteiger partial charge in [-0.3, -0.25) is 4.79 Å². The molecule has 1 N–H and O–H groups in total. The largest absolute Gasteiger partial charge is 0.460 e. The summed E-state index contributed by atoms with van der Waals surface area (Å²) in [7, 11) is 0. The summed E-state index contributed by atoms with van der Waals surface area (Å²) < 4.78 is 4.86. The average molecular weight is 113 g/mol. The highest BCUT2D eigenvalue weighted by Crippen LogP contribution is 2.19. The maximum atomic E-state index is 10.6. The average Bonchev–Trinajstić information content (AvgIpc) is 2.23. The fourth-order valence-electron chi connectivity index (χ4n) is 1.22. The molecular weight excluding hydrogens is 106 g/mol. The first kappa shape index (κ1) is 4.32. The second kappa shape index (κ2) is 1.23. The van der Waals surface area contributed by atoms with E-state index >= 15 is 0 Å². The molecule has 0 unspecified atom stereocenters. The summed E-state index contributed by atoms with van der Waals surface area (Å²) in [6.45, 7) is 0.858. The summed E-state index contributed by atoms with van der Waals surface area (Å²) in [6, 6.07) is 0.0278. The predicted molar refractivity (Wildman–Crippen MR) is 26.3 cm³/mol. The molecule has 0 saturated carbocycles. The highest BCUT2D eigenvalue weighted by atomic mass is 16.6. The van der Waals surface area contributed by atoms with Crippen molar-refractivity contribution in [2.75, 3.05) is 6.54 Å². The molecule has 0 aromatic carbocycles. The molecule has 2 bridgehead atoms. The molecule has 2 saturated heterocycles. The van der Waals surface area contributed by atoms with Crippen LogP contribution < -0.4 is 5.32 Å². The van der Waals surface area contributed by atoms with Gasteiger partial charge in [-0.15, -0.1) is 0 Å². The highest BCUT2D eigenvalue weighted by molar-refractivity contribution is 5.79. The lowest BCUT2D eigenvalue weighted by Gasteiger charge is -2.09. The number of esters is 1. The van der Waals surface area contributed by atoms with Crippen molar-refractivity contribution in [3.63, 3.8) is 0 Å². The van der Waals surface area contributed by atoms with Crippen molar-refractivity contribution in [3.8, 4) is 0 Å². The van der Waals surface area contributed by atoms with E-state index in [2.05, 4.69) is 5.32 Å². The molecule has 0 radical (unpaired) electrons. The van der Waals surface area contributed by atoms with Crippen LogP contribution in [0.1, 0.15) is 6.42 Å². The molecule has 2 fully saturated rings. The molecule has 0 spiro atoms. The van der Waals surface area contributed by atoms with Gasteiger partial charge >= 0.3 is 5.97 Å². The third kappa shape index (κ3) is 0.395. The van der Waals surface area contributed by atoms with Crippen LogP contribution in [0.15, 0.2) is 0 Å². The zero-order valence-electron chi connectivity index (χ0n) is 4.39. The van der Waals surface area contributed by atoms with Crippen LogP contribution in [-0.4, -0.2) is 24.7 Å². The van der Waals surface area contributed by atoms with Gasteiger partial charge in [0, 0.05) is 13.0 Å². The molecule has 2 aliphatic heterocycles. The van der Waals surface area contributed by atoms with Gasteiger partial charge in [0.15, 0.2) is 0 Å². The summed E-state index contributed by atoms with van der Waals surface area (Å²) in [6.07, 6.45) is 1.08. The molecule has 2 atom stereocenters. The monoisotopic (exact) mass is 113 g/mol. The van der Waals surface area contributed by atoms with Crippen molar-refractivity contribution >= 4 is 5.97 Å². The summed E-state index contributed by atoms with van der Waals surface area (Å²) in [5.74, 6) is -0.0683. The molecule has 2 rings (SSSR count). The van der Waals surface area contributed by atoms with Crippen LogP contribution in [0.25, 0.3) is 0 Å². The Balaban J connectivity index is 2.22. The quantitative estimate of drug-likeness (QED) is 0.421. The van der Waals surface area contributed by atoms with Crippen molar-refractivity contribution in [3.05, 3.63) is 0 Å². The molecule has 0 amide bonds. The number of morpholine rings is 1. The molecule has 3 nitrogen and oxygen atoms in total. The fourth-order valence-corrected chi connectivity index (χ4v) is 1.22. The number of carbonyl (C=O) groups is 1. The zero-order valence-corrected chi connectivity index (χ0v) is 4.39. The van der Waals surface area contributed by atoms with Crippen LogP contribution in [0.5, 0.6) is 0 Å². The number of rotatable bonds is 0. The third-order valence-corrected chi connectivity index (χ3v) is 1.66. The maximum Gasteiger partial charge on any atom is 0.323 e. The molecular formula is C5H7NO2. The minimum absolute atomic E-state index is 0.0278. The Bertz CT molecular complexity index is 134. The van der Waals surface area contributed by atoms with E-state index < -0.39 is 0 Å². The smallest absolute Gasteiger partial charge is 0.323 e. The van der Waals surface area contributed by atoms with E-state index in [1.54, 1.807) is 0 Å². The topological polar surface area (TPSA) is 38.3 Å². The van der Waals surface area contributed by atoms with Crippen LogP contribution in [0, 0.1) is 0 Å². The van der Waals surface area contributed by atoms with Gasteiger partial charge in [-0.1, -0.05) is 0 Å². The third-order valence-electron chi connectivity index (χ3n) is 1.66. The highest BCUT2D eigenvalue weighted by Gasteiger charge is 2.39. The molecule has 2 heterocycles. The second-order valence-electron chi connectivity index (χ2n) is 2.26. The Kier molecular flexibility index (Phi) is 0.663. The van der Waals surface area contributed by atoms with Crippen LogP contribution in [-0.2, 0) is 9.53 Å². The first-order valence-electron chi connectivity index (χ1n) is 2.80. The molecule has 2 aliphatic rings. The predicted octanol–water partition coefficient (Wildman–Crippen LogP) is -0.726. The van der Waals surface area contributed by atoms with E-state index in [0.717, 1.165) is 13.0 Å². The Morgan fingerprint density at radius 2 is 2.62 bits per heavy atom. The minimum atomic E-state index is -0.0683. The maximum absolute atomic E-state index is 10.6. The molecule has 3 heteroatoms. The van der Waals surface area contributed by atoms with E-state index in [-0.39, 0.29) is 18.1 Å². The van der Waals surface area contributed by atoms with Crippen molar-refractivity contribution in [2.45, 2.75) is 18.6 Å². The Labute approximate surface area is 47.0 Å². The van der Waals surface area contributed by atoms with Gasteiger partial charge in [-0.2, -0.15) is 0 Å². The van der Waals surface area contributed by atoms with Crippen LogP contribution in [0.2, 0.25) is 0 Å². The molecule has 8 heavy (non-hydrogen) atoms. The number of carbonyl (C=O) groups excluding carboxylic acids is 1. The van der Waals surface area contributed by atoms with Gasteiger partial charge < -0.3 is 10.1 Å². The van der Waals surface area contributed by atoms with Crippen molar-refractivity contribution < 1.29 is 9.53 Å². The van der Waals surface area contributed by atoms with E-state index in [9.17, 15) is 4.79 Å². The summed E-state index contributed by atoms with van der Waals surface area (Å²) >= 11 is 0. The van der Waals surface area contributed by atoms with Gasteiger partial charge in [-0.05, 0) is 0 Å². The van der Waals surface area contributed by atoms with Gasteiger partial charge in [0.05, 0.1) is 0 Å². The Morgan fingerprint density at radius 1 is 1.75 bits per heavy atom. The van der Waals surface area contributed by atoms with Gasteiger partial charge in [-0.25, -0.2) is 0 Å². The van der Waals surface area contributed by atoms with Crippen LogP contribution in [0.3, 0.4) is 0 Å². The SMILES string of the molecule is O=C1O[C@@H]2CN[C@H]1C2. The number of hydrogen-bond acceptors (Lipinski definition) is 3. The summed E-state index contributed by atoms with van der Waals surface area (Å²) in [4.78, 5) is 10.6. The molecule has 0 aliphatic carbocycles. The second-order valence-corrected chi connectivity index (χ2v) is 2.26. The Morgan fingerprint density at radius 3 is 2.88 bits per heavy atom. The first-order chi connectivity index (χ1) is 3.86. The van der Waals surface area contributed by atoms with E-state index in [1.807, 2.05) is 0 Å². The molecule has 0 aromatic heterocycles. The van der Waals surface area contributed by atoms with E-state index in [4.69, 9.17) is 4.74 Å². The van der Waals surface area contributed by atoms with Crippen molar-refractivity contribution in [2.24, 2.45) is 0 Å². The zero-order chi connectivity index (χ0) is 5.56. The molecule has 0 aromatic rings. The molecule has 44 valence electrons. The number of fused-ring (bicyclic) bond motifs is 2. The van der Waals surface area contributed by atoms with Gasteiger partial charge in [0.2, 0.25) is 0 Å². The van der Waals surface area contributed by atoms with Gasteiger partial charge in [0.1, 0.15) is 12.1 Å². The van der Waals surface area contributed by atoms with Crippen molar-refractivity contribution in [1.29, 1.82) is 0 Å². The lowest BCUT2D eigenvalue weighted by Crippen LogP contribution is -2.35. The van der Waals surface area contributed by atoms with Crippen LogP contribution >= 0.6 is 0 Å². The summed E-state index contributed by atoms with van der Waals surface area (Å²) in [5, 5.41) is 3.03. The van der Waals surface area contributed by atoms with E-state index in [1.165, 1.54) is 0 Å². The number of ether oxygens (including phenoxy) is 1. The lowest BCUT2D eigenvalue weighted by molar-refractivity contribution is -0.145. The first-order valence-corrected chi connectivity index (χ1v) is 2.80. The standard InChI is InChI=1S/C5H7NO2/c7-5-4-1-3(8-5)2-6-4/h3-4,6H,1-2H2/t3-,4-/m0/s1. The van der Waals surface area contributed by atoms with E-state index in [0.29, 0.717) is 0 Å². The number of nitrogens with one attached hydrogen (secondary N) is 1. The van der Waals surface area contributed by atoms with Crippen molar-refractivity contribution in [1.82, 2.24) is 5.32 Å². The fraction of sp³-hybridized carbons (Fsp3) is 0.800. The van der Waals surface area contributed by atoms with Gasteiger partial charge in [0.25, 0.3) is 0 Å². The Hall–Kier alpha value is -0.570. The number of hydrogen-bond donors (Lipinski definition) is 1. The summed E-state index contributed by atoms with van der Waals surface area (Å²) in [5.41, 5.74) is 0. The minimum Gasteiger partial charge on any atom is -0.460 e. The lowest BCUT2D eigenvalue weighted by atomic mass is 10.2. The normalized spacial score (nSPS) is 42.8.